The Morgan fingerprint density at radius 2 is 1.93 bits per heavy atom. The van der Waals surface area contributed by atoms with E-state index in [4.69, 9.17) is 4.74 Å². The van der Waals surface area contributed by atoms with E-state index in [2.05, 4.69) is 28.3 Å². The van der Waals surface area contributed by atoms with Crippen LogP contribution in [0.3, 0.4) is 0 Å². The number of imidazole rings is 2. The highest BCUT2D eigenvalue weighted by Gasteiger charge is 2.22. The number of fused-ring (bicyclic) bond motifs is 3. The Kier molecular flexibility index (Phi) is 4.88. The maximum absolute atomic E-state index is 13.2. The number of hydrogen-bond donors (Lipinski definition) is 0. The number of aryl methyl sites for hydroxylation is 2. The third-order valence-corrected chi connectivity index (χ3v) is 5.84. The average Bonchev–Trinajstić information content (AvgIpc) is 3.21. The SMILES string of the molecule is CCC(C)n1c(C)cn2c3c(=O)n(CCN4CCOCC4)c(=O)n(C)c3nc12. The van der Waals surface area contributed by atoms with E-state index in [0.717, 1.165) is 25.2 Å². The lowest BCUT2D eigenvalue weighted by Gasteiger charge is -2.26. The van der Waals surface area contributed by atoms with E-state index >= 15 is 0 Å². The summed E-state index contributed by atoms with van der Waals surface area (Å²) < 4.78 is 12.2. The molecule has 1 aliphatic heterocycles. The van der Waals surface area contributed by atoms with Crippen molar-refractivity contribution < 1.29 is 4.74 Å². The van der Waals surface area contributed by atoms with Crippen molar-refractivity contribution >= 4 is 16.9 Å². The molecule has 1 aliphatic rings. The Morgan fingerprint density at radius 3 is 2.61 bits per heavy atom. The molecule has 3 aromatic rings. The number of aromatic nitrogens is 5. The van der Waals surface area contributed by atoms with Crippen LogP contribution in [-0.2, 0) is 18.3 Å². The van der Waals surface area contributed by atoms with E-state index in [-0.39, 0.29) is 17.3 Å². The van der Waals surface area contributed by atoms with E-state index in [1.165, 1.54) is 9.13 Å². The largest absolute Gasteiger partial charge is 0.379 e. The minimum Gasteiger partial charge on any atom is -0.379 e. The molecule has 4 rings (SSSR count). The highest BCUT2D eigenvalue weighted by molar-refractivity contribution is 5.75. The van der Waals surface area contributed by atoms with Gasteiger partial charge in [0.1, 0.15) is 0 Å². The normalized spacial score (nSPS) is 17.0. The fraction of sp³-hybridized carbons (Fsp3) is 0.632. The van der Waals surface area contributed by atoms with Crippen LogP contribution < -0.4 is 11.2 Å². The summed E-state index contributed by atoms with van der Waals surface area (Å²) in [5, 5.41) is 0. The molecular weight excluding hydrogens is 360 g/mol. The molecule has 3 aromatic heterocycles. The zero-order valence-electron chi connectivity index (χ0n) is 17.0. The quantitative estimate of drug-likeness (QED) is 0.645. The maximum atomic E-state index is 13.2. The summed E-state index contributed by atoms with van der Waals surface area (Å²) >= 11 is 0. The predicted molar refractivity (Wildman–Crippen MR) is 107 cm³/mol. The minimum atomic E-state index is -0.321. The molecule has 9 nitrogen and oxygen atoms in total. The summed E-state index contributed by atoms with van der Waals surface area (Å²) in [7, 11) is 1.68. The molecule has 28 heavy (non-hydrogen) atoms. The summed E-state index contributed by atoms with van der Waals surface area (Å²) in [6.45, 7) is 10.3. The van der Waals surface area contributed by atoms with Crippen molar-refractivity contribution in [2.75, 3.05) is 32.8 Å². The van der Waals surface area contributed by atoms with Gasteiger partial charge in [0.2, 0.25) is 5.78 Å². The topological polar surface area (TPSA) is 78.7 Å². The van der Waals surface area contributed by atoms with Crippen LogP contribution in [0.5, 0.6) is 0 Å². The zero-order valence-corrected chi connectivity index (χ0v) is 17.0. The predicted octanol–water partition coefficient (Wildman–Crippen LogP) is 0.761. The molecule has 0 aliphatic carbocycles. The van der Waals surface area contributed by atoms with E-state index in [1.54, 1.807) is 7.05 Å². The van der Waals surface area contributed by atoms with Gasteiger partial charge in [-0.3, -0.25) is 23.2 Å². The van der Waals surface area contributed by atoms with Crippen LogP contribution in [0.25, 0.3) is 16.9 Å². The Labute approximate surface area is 162 Å². The van der Waals surface area contributed by atoms with Crippen LogP contribution in [-0.4, -0.2) is 60.8 Å². The van der Waals surface area contributed by atoms with Crippen molar-refractivity contribution in [1.29, 1.82) is 0 Å². The van der Waals surface area contributed by atoms with Crippen molar-refractivity contribution in [2.45, 2.75) is 39.8 Å². The summed E-state index contributed by atoms with van der Waals surface area (Å²) in [5.41, 5.74) is 1.35. The van der Waals surface area contributed by atoms with Crippen LogP contribution in [0.2, 0.25) is 0 Å². The Bertz CT molecular complexity index is 1130. The minimum absolute atomic E-state index is 0.259. The number of morpholine rings is 1. The Balaban J connectivity index is 1.85. The van der Waals surface area contributed by atoms with Crippen LogP contribution in [0.15, 0.2) is 15.8 Å². The van der Waals surface area contributed by atoms with Crippen LogP contribution in [0.1, 0.15) is 32.0 Å². The molecule has 0 aromatic carbocycles. The fourth-order valence-electron chi connectivity index (χ4n) is 4.02. The van der Waals surface area contributed by atoms with Gasteiger partial charge in [-0.2, -0.15) is 4.98 Å². The second kappa shape index (κ2) is 7.21. The van der Waals surface area contributed by atoms with Gasteiger partial charge < -0.3 is 9.30 Å². The molecule has 0 saturated carbocycles. The van der Waals surface area contributed by atoms with Crippen LogP contribution >= 0.6 is 0 Å². The second-order valence-corrected chi connectivity index (χ2v) is 7.60. The van der Waals surface area contributed by atoms with Crippen molar-refractivity contribution in [2.24, 2.45) is 7.05 Å². The summed E-state index contributed by atoms with van der Waals surface area (Å²) in [5.74, 6) is 0.708. The smallest absolute Gasteiger partial charge is 0.332 e. The number of ether oxygens (including phenoxy) is 1. The molecule has 1 fully saturated rings. The molecule has 1 unspecified atom stereocenters. The molecule has 0 amide bonds. The second-order valence-electron chi connectivity index (χ2n) is 7.60. The Hall–Kier alpha value is -2.39. The van der Waals surface area contributed by atoms with E-state index in [9.17, 15) is 9.59 Å². The van der Waals surface area contributed by atoms with Gasteiger partial charge in [0.25, 0.3) is 5.56 Å². The molecule has 4 heterocycles. The molecule has 152 valence electrons. The van der Waals surface area contributed by atoms with Gasteiger partial charge in [-0.25, -0.2) is 4.79 Å². The molecule has 0 bridgehead atoms. The molecule has 1 saturated heterocycles. The van der Waals surface area contributed by atoms with Gasteiger partial charge in [-0.15, -0.1) is 0 Å². The lowest BCUT2D eigenvalue weighted by molar-refractivity contribution is 0.0361. The van der Waals surface area contributed by atoms with Crippen molar-refractivity contribution in [3.05, 3.63) is 32.7 Å². The first-order chi connectivity index (χ1) is 13.4. The molecule has 0 radical (unpaired) electrons. The molecule has 0 spiro atoms. The first kappa shape index (κ1) is 18.9. The standard InChI is InChI=1S/C19H28N6O3/c1-5-13(2)25-14(3)12-24-15-16(20-18(24)25)21(4)19(27)23(17(15)26)7-6-22-8-10-28-11-9-22/h12-13H,5-11H2,1-4H3. The molecule has 0 N–H and O–H groups in total. The van der Waals surface area contributed by atoms with Gasteiger partial charge in [0.15, 0.2) is 11.2 Å². The maximum Gasteiger partial charge on any atom is 0.332 e. The first-order valence-electron chi connectivity index (χ1n) is 9.93. The van der Waals surface area contributed by atoms with Crippen molar-refractivity contribution in [3.63, 3.8) is 0 Å². The monoisotopic (exact) mass is 388 g/mol. The van der Waals surface area contributed by atoms with Crippen molar-refractivity contribution in [3.8, 4) is 0 Å². The third kappa shape index (κ3) is 2.89. The van der Waals surface area contributed by atoms with Gasteiger partial charge in [0.05, 0.1) is 13.2 Å². The number of rotatable bonds is 5. The molecular formula is C19H28N6O3. The third-order valence-electron chi connectivity index (χ3n) is 5.84. The van der Waals surface area contributed by atoms with E-state index in [0.29, 0.717) is 43.2 Å². The molecule has 1 atom stereocenters. The van der Waals surface area contributed by atoms with E-state index < -0.39 is 0 Å². The Morgan fingerprint density at radius 1 is 1.21 bits per heavy atom. The van der Waals surface area contributed by atoms with Crippen molar-refractivity contribution in [1.82, 2.24) is 28.0 Å². The zero-order chi connectivity index (χ0) is 20.0. The first-order valence-corrected chi connectivity index (χ1v) is 9.93. The number of nitrogens with zero attached hydrogens (tertiary/aromatic N) is 6. The summed E-state index contributed by atoms with van der Waals surface area (Å²) in [6.07, 6.45) is 2.89. The van der Waals surface area contributed by atoms with Crippen LogP contribution in [0.4, 0.5) is 0 Å². The highest BCUT2D eigenvalue weighted by Crippen LogP contribution is 2.22. The van der Waals surface area contributed by atoms with Gasteiger partial charge in [0, 0.05) is 51.2 Å². The summed E-state index contributed by atoms with van der Waals surface area (Å²) in [6, 6.07) is 0.259. The van der Waals surface area contributed by atoms with Crippen LogP contribution in [0, 0.1) is 6.92 Å². The average molecular weight is 388 g/mol. The van der Waals surface area contributed by atoms with Gasteiger partial charge in [-0.05, 0) is 20.3 Å². The lowest BCUT2D eigenvalue weighted by atomic mass is 10.2. The van der Waals surface area contributed by atoms with Gasteiger partial charge >= 0.3 is 5.69 Å². The summed E-state index contributed by atoms with van der Waals surface area (Å²) in [4.78, 5) is 33.0. The van der Waals surface area contributed by atoms with Gasteiger partial charge in [-0.1, -0.05) is 6.92 Å². The molecule has 9 heteroatoms. The number of hydrogen-bond acceptors (Lipinski definition) is 5. The van der Waals surface area contributed by atoms with E-state index in [1.807, 2.05) is 17.5 Å². The fourth-order valence-corrected chi connectivity index (χ4v) is 4.02. The lowest BCUT2D eigenvalue weighted by Crippen LogP contribution is -2.44. The highest BCUT2D eigenvalue weighted by atomic mass is 16.5.